The Kier molecular flexibility index (Phi) is 3.34. The van der Waals surface area contributed by atoms with Crippen molar-refractivity contribution in [2.45, 2.75) is 25.3 Å². The van der Waals surface area contributed by atoms with E-state index in [0.29, 0.717) is 18.2 Å². The quantitative estimate of drug-likeness (QED) is 0.728. The lowest BCUT2D eigenvalue weighted by Crippen LogP contribution is -2.40. The van der Waals surface area contributed by atoms with E-state index in [9.17, 15) is 9.18 Å². The maximum absolute atomic E-state index is 12.9. The van der Waals surface area contributed by atoms with E-state index >= 15 is 0 Å². The molecule has 1 aromatic rings. The van der Waals surface area contributed by atoms with Gasteiger partial charge in [-0.2, -0.15) is 0 Å². The molecule has 1 fully saturated rings. The van der Waals surface area contributed by atoms with Gasteiger partial charge in [0.05, 0.1) is 6.54 Å². The first-order valence-electron chi connectivity index (χ1n) is 5.66. The summed E-state index contributed by atoms with van der Waals surface area (Å²) in [6.45, 7) is 0.383. The van der Waals surface area contributed by atoms with E-state index in [1.165, 1.54) is 31.4 Å². The minimum atomic E-state index is -0.350. The number of hydrogen-bond donors (Lipinski definition) is 0. The van der Waals surface area contributed by atoms with E-state index in [2.05, 4.69) is 4.90 Å². The minimum absolute atomic E-state index is 0.00565. The summed E-state index contributed by atoms with van der Waals surface area (Å²) in [5.41, 5.74) is 0.464. The molecule has 2 nitrogen and oxygen atoms in total. The number of hydrogen-bond acceptors (Lipinski definition) is 2. The summed E-state index contributed by atoms with van der Waals surface area (Å²) < 4.78 is 12.9. The van der Waals surface area contributed by atoms with Gasteiger partial charge in [-0.3, -0.25) is 9.69 Å². The molecular formula is C13H16FNO. The average molecular weight is 221 g/mol. The van der Waals surface area contributed by atoms with Crippen molar-refractivity contribution in [3.05, 3.63) is 35.6 Å². The van der Waals surface area contributed by atoms with Crippen LogP contribution in [0.5, 0.6) is 0 Å². The van der Waals surface area contributed by atoms with Crippen molar-refractivity contribution in [3.8, 4) is 0 Å². The van der Waals surface area contributed by atoms with E-state index in [1.54, 1.807) is 12.1 Å². The second kappa shape index (κ2) is 4.74. The largest absolute Gasteiger partial charge is 0.296 e. The summed E-state index contributed by atoms with van der Waals surface area (Å²) in [5, 5.41) is 0. The van der Waals surface area contributed by atoms with Crippen LogP contribution < -0.4 is 0 Å². The molecule has 0 unspecified atom stereocenters. The zero-order chi connectivity index (χ0) is 11.5. The molecule has 0 aromatic heterocycles. The standard InChI is InChI=1S/C13H16FNO/c1-15(12-6-3-7-12)9-13(16)10-4-2-5-11(14)8-10/h2,4-5,8,12H,3,6-7,9H2,1H3. The molecule has 3 heteroatoms. The lowest BCUT2D eigenvalue weighted by atomic mass is 9.91. The van der Waals surface area contributed by atoms with Crippen LogP contribution in [0.2, 0.25) is 0 Å². The fourth-order valence-corrected chi connectivity index (χ4v) is 1.94. The SMILES string of the molecule is CN(CC(=O)c1cccc(F)c1)C1CCC1. The van der Waals surface area contributed by atoms with E-state index < -0.39 is 0 Å². The van der Waals surface area contributed by atoms with Crippen molar-refractivity contribution >= 4 is 5.78 Å². The summed E-state index contributed by atoms with van der Waals surface area (Å²) in [4.78, 5) is 13.9. The maximum Gasteiger partial charge on any atom is 0.176 e. The van der Waals surface area contributed by atoms with Crippen LogP contribution in [0.1, 0.15) is 29.6 Å². The van der Waals surface area contributed by atoms with Gasteiger partial charge in [-0.05, 0) is 32.0 Å². The van der Waals surface area contributed by atoms with Gasteiger partial charge in [0.15, 0.2) is 5.78 Å². The summed E-state index contributed by atoms with van der Waals surface area (Å²) in [6.07, 6.45) is 3.60. The highest BCUT2D eigenvalue weighted by molar-refractivity contribution is 5.97. The molecule has 86 valence electrons. The molecule has 0 aliphatic heterocycles. The zero-order valence-corrected chi connectivity index (χ0v) is 9.45. The number of ketones is 1. The second-order valence-corrected chi connectivity index (χ2v) is 4.43. The first-order valence-corrected chi connectivity index (χ1v) is 5.66. The molecule has 0 saturated heterocycles. The van der Waals surface area contributed by atoms with Crippen LogP contribution in [0.3, 0.4) is 0 Å². The van der Waals surface area contributed by atoms with Gasteiger partial charge in [-0.15, -0.1) is 0 Å². The number of rotatable bonds is 4. The lowest BCUT2D eigenvalue weighted by Gasteiger charge is -2.34. The molecule has 0 amide bonds. The molecule has 0 N–H and O–H groups in total. The number of Topliss-reactive ketones (excluding diaryl/α,β-unsaturated/α-hetero) is 1. The molecule has 0 radical (unpaired) electrons. The molecule has 2 rings (SSSR count). The Hall–Kier alpha value is -1.22. The van der Waals surface area contributed by atoms with Gasteiger partial charge in [0.1, 0.15) is 5.82 Å². The third-order valence-electron chi connectivity index (χ3n) is 3.24. The van der Waals surface area contributed by atoms with Gasteiger partial charge in [0.2, 0.25) is 0 Å². The minimum Gasteiger partial charge on any atom is -0.296 e. The Morgan fingerprint density at radius 2 is 2.25 bits per heavy atom. The fraction of sp³-hybridized carbons (Fsp3) is 0.462. The van der Waals surface area contributed by atoms with Crippen molar-refractivity contribution in [2.75, 3.05) is 13.6 Å². The van der Waals surface area contributed by atoms with E-state index in [0.717, 1.165) is 0 Å². The number of likely N-dealkylation sites (N-methyl/N-ethyl adjacent to an activating group) is 1. The van der Waals surface area contributed by atoms with Gasteiger partial charge in [-0.25, -0.2) is 4.39 Å². The normalized spacial score (nSPS) is 16.2. The molecule has 1 aromatic carbocycles. The molecule has 0 atom stereocenters. The highest BCUT2D eigenvalue weighted by Gasteiger charge is 2.23. The molecule has 1 aliphatic rings. The first-order chi connectivity index (χ1) is 7.66. The Labute approximate surface area is 95.1 Å². The Bertz CT molecular complexity index is 387. The van der Waals surface area contributed by atoms with Crippen molar-refractivity contribution in [3.63, 3.8) is 0 Å². The van der Waals surface area contributed by atoms with Crippen molar-refractivity contribution in [2.24, 2.45) is 0 Å². The van der Waals surface area contributed by atoms with Gasteiger partial charge in [0.25, 0.3) is 0 Å². The van der Waals surface area contributed by atoms with Gasteiger partial charge >= 0.3 is 0 Å². The smallest absolute Gasteiger partial charge is 0.176 e. The first kappa shape index (κ1) is 11.3. The molecule has 0 spiro atoms. The predicted octanol–water partition coefficient (Wildman–Crippen LogP) is 2.49. The third-order valence-corrected chi connectivity index (χ3v) is 3.24. The van der Waals surface area contributed by atoms with E-state index in [1.807, 2.05) is 7.05 Å². The molecule has 1 saturated carbocycles. The van der Waals surface area contributed by atoms with Crippen LogP contribution in [0.4, 0.5) is 4.39 Å². The highest BCUT2D eigenvalue weighted by Crippen LogP contribution is 2.23. The Morgan fingerprint density at radius 3 is 2.81 bits per heavy atom. The van der Waals surface area contributed by atoms with Crippen LogP contribution in [0.15, 0.2) is 24.3 Å². The Balaban J connectivity index is 1.96. The van der Waals surface area contributed by atoms with Crippen LogP contribution in [-0.4, -0.2) is 30.3 Å². The van der Waals surface area contributed by atoms with E-state index in [-0.39, 0.29) is 11.6 Å². The second-order valence-electron chi connectivity index (χ2n) is 4.43. The van der Waals surface area contributed by atoms with Gasteiger partial charge in [0, 0.05) is 11.6 Å². The summed E-state index contributed by atoms with van der Waals surface area (Å²) in [5.74, 6) is -0.356. The predicted molar refractivity (Wildman–Crippen MR) is 61.0 cm³/mol. The monoisotopic (exact) mass is 221 g/mol. The van der Waals surface area contributed by atoms with Crippen LogP contribution >= 0.6 is 0 Å². The molecule has 16 heavy (non-hydrogen) atoms. The molecule has 1 aliphatic carbocycles. The summed E-state index contributed by atoms with van der Waals surface area (Å²) >= 11 is 0. The number of benzene rings is 1. The van der Waals surface area contributed by atoms with Crippen molar-refractivity contribution < 1.29 is 9.18 Å². The topological polar surface area (TPSA) is 20.3 Å². The summed E-state index contributed by atoms with van der Waals surface area (Å²) in [7, 11) is 1.96. The highest BCUT2D eigenvalue weighted by atomic mass is 19.1. The number of halogens is 1. The number of nitrogens with zero attached hydrogens (tertiary/aromatic N) is 1. The van der Waals surface area contributed by atoms with Crippen LogP contribution in [-0.2, 0) is 0 Å². The molecule has 0 heterocycles. The van der Waals surface area contributed by atoms with Gasteiger partial charge < -0.3 is 0 Å². The van der Waals surface area contributed by atoms with E-state index in [4.69, 9.17) is 0 Å². The fourth-order valence-electron chi connectivity index (χ4n) is 1.94. The maximum atomic E-state index is 12.9. The Morgan fingerprint density at radius 1 is 1.50 bits per heavy atom. The van der Waals surface area contributed by atoms with Crippen molar-refractivity contribution in [1.29, 1.82) is 0 Å². The lowest BCUT2D eigenvalue weighted by molar-refractivity contribution is 0.0870. The van der Waals surface area contributed by atoms with Crippen molar-refractivity contribution in [1.82, 2.24) is 4.90 Å². The summed E-state index contributed by atoms with van der Waals surface area (Å²) in [6, 6.07) is 6.44. The van der Waals surface area contributed by atoms with Crippen LogP contribution in [0, 0.1) is 5.82 Å². The number of carbonyl (C=O) groups is 1. The third kappa shape index (κ3) is 2.47. The average Bonchev–Trinajstić information content (AvgIpc) is 2.14. The zero-order valence-electron chi connectivity index (χ0n) is 9.45. The molecule has 0 bridgehead atoms. The molecular weight excluding hydrogens is 205 g/mol. The van der Waals surface area contributed by atoms with Gasteiger partial charge in [-0.1, -0.05) is 18.6 Å². The van der Waals surface area contributed by atoms with Crippen LogP contribution in [0.25, 0.3) is 0 Å². The number of carbonyl (C=O) groups excluding carboxylic acids is 1.